The van der Waals surface area contributed by atoms with Crippen LogP contribution >= 0.6 is 0 Å². The zero-order valence-corrected chi connectivity index (χ0v) is 16.6. The highest BCUT2D eigenvalue weighted by molar-refractivity contribution is 5.93. The van der Waals surface area contributed by atoms with Gasteiger partial charge in [0.15, 0.2) is 6.10 Å². The van der Waals surface area contributed by atoms with Crippen molar-refractivity contribution in [3.63, 3.8) is 0 Å². The van der Waals surface area contributed by atoms with Gasteiger partial charge in [0.05, 0.1) is 6.61 Å². The monoisotopic (exact) mass is 382 g/mol. The third kappa shape index (κ3) is 6.46. The summed E-state index contributed by atoms with van der Waals surface area (Å²) in [5.41, 5.74) is 7.77. The fraction of sp³-hybridized carbons (Fsp3) is 0.273. The van der Waals surface area contributed by atoms with E-state index in [0.717, 1.165) is 22.4 Å². The van der Waals surface area contributed by atoms with Gasteiger partial charge in [0.2, 0.25) is 0 Å². The Labute approximate surface area is 165 Å². The number of carbonyl (C=O) groups excluding carboxylic acids is 2. The molecule has 2 N–H and O–H groups in total. The smallest absolute Gasteiger partial charge is 0.279 e. The van der Waals surface area contributed by atoms with Crippen LogP contribution in [0, 0.1) is 13.8 Å². The Bertz CT molecular complexity index is 844. The van der Waals surface area contributed by atoms with Crippen molar-refractivity contribution in [1.29, 1.82) is 0 Å². The van der Waals surface area contributed by atoms with Crippen molar-refractivity contribution in [3.05, 3.63) is 65.2 Å². The van der Waals surface area contributed by atoms with E-state index in [9.17, 15) is 9.59 Å². The molecule has 0 saturated carbocycles. The lowest BCUT2D eigenvalue weighted by Gasteiger charge is -2.15. The fourth-order valence-corrected chi connectivity index (χ4v) is 2.33. The highest BCUT2D eigenvalue weighted by Crippen LogP contribution is 2.17. The fourth-order valence-electron chi connectivity index (χ4n) is 2.33. The highest BCUT2D eigenvalue weighted by atomic mass is 16.5. The number of nitrogens with one attached hydrogen (secondary N) is 2. The number of hydrogen-bond acceptors (Lipinski definition) is 4. The van der Waals surface area contributed by atoms with E-state index < -0.39 is 17.9 Å². The summed E-state index contributed by atoms with van der Waals surface area (Å²) in [6.07, 6.45) is 2.23. The van der Waals surface area contributed by atoms with Gasteiger partial charge in [-0.1, -0.05) is 18.2 Å². The summed E-state index contributed by atoms with van der Waals surface area (Å²) in [5.74, 6) is 0.489. The average Bonchev–Trinajstić information content (AvgIpc) is 2.68. The van der Waals surface area contributed by atoms with E-state index in [-0.39, 0.29) is 0 Å². The maximum Gasteiger partial charge on any atom is 0.279 e. The molecule has 1 atom stereocenters. The van der Waals surface area contributed by atoms with Crippen LogP contribution in [0.2, 0.25) is 0 Å². The molecule has 0 aliphatic rings. The molecule has 2 amide bonds. The summed E-state index contributed by atoms with van der Waals surface area (Å²) < 4.78 is 11.0. The van der Waals surface area contributed by atoms with E-state index >= 15 is 0 Å². The van der Waals surface area contributed by atoms with Crippen molar-refractivity contribution in [2.75, 3.05) is 6.61 Å². The van der Waals surface area contributed by atoms with Gasteiger partial charge in [-0.2, -0.15) is 0 Å². The molecule has 0 aromatic heterocycles. The first-order valence-electron chi connectivity index (χ1n) is 9.13. The minimum atomic E-state index is -0.752. The third-order valence-electron chi connectivity index (χ3n) is 4.09. The lowest BCUT2D eigenvalue weighted by molar-refractivity contribution is -0.131. The predicted molar refractivity (Wildman–Crippen MR) is 109 cm³/mol. The molecule has 0 spiro atoms. The molecule has 6 nitrogen and oxygen atoms in total. The largest absolute Gasteiger partial charge is 0.494 e. The van der Waals surface area contributed by atoms with Gasteiger partial charge in [-0.3, -0.25) is 20.4 Å². The lowest BCUT2D eigenvalue weighted by atomic mass is 10.1. The molecular weight excluding hydrogens is 356 g/mol. The Balaban J connectivity index is 1.80. The normalized spacial score (nSPS) is 11.7. The summed E-state index contributed by atoms with van der Waals surface area (Å²) in [7, 11) is 0. The Kier molecular flexibility index (Phi) is 7.63. The van der Waals surface area contributed by atoms with Crippen LogP contribution in [0.5, 0.6) is 11.5 Å². The lowest BCUT2D eigenvalue weighted by Crippen LogP contribution is -2.46. The first-order chi connectivity index (χ1) is 13.4. The van der Waals surface area contributed by atoms with Crippen molar-refractivity contribution in [2.45, 2.75) is 33.8 Å². The molecule has 0 heterocycles. The molecule has 0 aliphatic carbocycles. The molecule has 28 heavy (non-hydrogen) atoms. The van der Waals surface area contributed by atoms with Gasteiger partial charge in [-0.25, -0.2) is 0 Å². The Morgan fingerprint density at radius 1 is 1.00 bits per heavy atom. The molecule has 0 saturated heterocycles. The molecule has 0 radical (unpaired) electrons. The van der Waals surface area contributed by atoms with Crippen LogP contribution in [0.15, 0.2) is 48.5 Å². The highest BCUT2D eigenvalue weighted by Gasteiger charge is 2.15. The average molecular weight is 382 g/mol. The van der Waals surface area contributed by atoms with E-state index in [0.29, 0.717) is 12.4 Å². The van der Waals surface area contributed by atoms with Crippen molar-refractivity contribution in [3.8, 4) is 11.5 Å². The second-order valence-electron chi connectivity index (χ2n) is 6.32. The summed E-state index contributed by atoms with van der Waals surface area (Å²) in [6, 6.07) is 13.0. The third-order valence-corrected chi connectivity index (χ3v) is 4.09. The molecule has 148 valence electrons. The zero-order chi connectivity index (χ0) is 20.5. The van der Waals surface area contributed by atoms with Crippen LogP contribution in [0.1, 0.15) is 30.5 Å². The van der Waals surface area contributed by atoms with Crippen molar-refractivity contribution >= 4 is 17.9 Å². The van der Waals surface area contributed by atoms with Gasteiger partial charge in [0.1, 0.15) is 11.5 Å². The number of hydrazine groups is 1. The molecule has 2 aromatic rings. The summed E-state index contributed by atoms with van der Waals surface area (Å²) in [5, 5.41) is 0. The van der Waals surface area contributed by atoms with Gasteiger partial charge in [0.25, 0.3) is 11.8 Å². The molecule has 6 heteroatoms. The molecule has 2 rings (SSSR count). The van der Waals surface area contributed by atoms with Crippen LogP contribution in [0.3, 0.4) is 0 Å². The SMILES string of the molecule is CCOc1ccc(/C=C/C(=O)NNC(=O)C(C)Oc2ccc(C)c(C)c2)cc1. The maximum atomic E-state index is 12.1. The van der Waals surface area contributed by atoms with Gasteiger partial charge < -0.3 is 9.47 Å². The Hall–Kier alpha value is -3.28. The van der Waals surface area contributed by atoms with E-state index in [1.165, 1.54) is 6.08 Å². The minimum absolute atomic E-state index is 0.443. The number of hydrogen-bond donors (Lipinski definition) is 2. The van der Waals surface area contributed by atoms with Gasteiger partial charge in [0, 0.05) is 6.08 Å². The summed E-state index contributed by atoms with van der Waals surface area (Å²) in [6.45, 7) is 8.12. The molecule has 0 bridgehead atoms. The predicted octanol–water partition coefficient (Wildman–Crippen LogP) is 3.33. The maximum absolute atomic E-state index is 12.1. The molecular formula is C22H26N2O4. The number of ether oxygens (including phenoxy) is 2. The second kappa shape index (κ2) is 10.2. The molecule has 1 unspecified atom stereocenters. The van der Waals surface area contributed by atoms with Gasteiger partial charge in [-0.05, 0) is 74.7 Å². The molecule has 0 fully saturated rings. The van der Waals surface area contributed by atoms with E-state index in [4.69, 9.17) is 9.47 Å². The standard InChI is InChI=1S/C22H26N2O4/c1-5-27-19-11-7-18(8-12-19)9-13-21(25)23-24-22(26)17(4)28-20-10-6-15(2)16(3)14-20/h6-14,17H,5H2,1-4H3,(H,23,25)(H,24,26)/b13-9+. The van der Waals surface area contributed by atoms with Crippen molar-refractivity contribution < 1.29 is 19.1 Å². The van der Waals surface area contributed by atoms with Crippen molar-refractivity contribution in [1.82, 2.24) is 10.9 Å². The first kappa shape index (κ1) is 21.0. The number of amides is 2. The number of carbonyl (C=O) groups is 2. The number of benzene rings is 2. The topological polar surface area (TPSA) is 76.7 Å². The minimum Gasteiger partial charge on any atom is -0.494 e. The van der Waals surface area contributed by atoms with Crippen LogP contribution in [-0.4, -0.2) is 24.5 Å². The summed E-state index contributed by atoms with van der Waals surface area (Å²) >= 11 is 0. The Morgan fingerprint density at radius 2 is 1.68 bits per heavy atom. The summed E-state index contributed by atoms with van der Waals surface area (Å²) in [4.78, 5) is 24.0. The quantitative estimate of drug-likeness (QED) is 0.569. The number of rotatable bonds is 7. The Morgan fingerprint density at radius 3 is 2.32 bits per heavy atom. The van der Waals surface area contributed by atoms with Crippen LogP contribution in [0.25, 0.3) is 6.08 Å². The van der Waals surface area contributed by atoms with Gasteiger partial charge >= 0.3 is 0 Å². The van der Waals surface area contributed by atoms with Crippen LogP contribution in [-0.2, 0) is 9.59 Å². The van der Waals surface area contributed by atoms with Crippen LogP contribution < -0.4 is 20.3 Å². The number of aryl methyl sites for hydroxylation is 2. The van der Waals surface area contributed by atoms with Crippen molar-refractivity contribution in [2.24, 2.45) is 0 Å². The molecule has 0 aliphatic heterocycles. The van der Waals surface area contributed by atoms with E-state index in [1.54, 1.807) is 13.0 Å². The van der Waals surface area contributed by atoms with Gasteiger partial charge in [-0.15, -0.1) is 0 Å². The van der Waals surface area contributed by atoms with E-state index in [1.807, 2.05) is 63.2 Å². The molecule has 2 aromatic carbocycles. The zero-order valence-electron chi connectivity index (χ0n) is 16.6. The van der Waals surface area contributed by atoms with E-state index in [2.05, 4.69) is 10.9 Å². The first-order valence-corrected chi connectivity index (χ1v) is 9.13. The second-order valence-corrected chi connectivity index (χ2v) is 6.32. The van der Waals surface area contributed by atoms with Crippen LogP contribution in [0.4, 0.5) is 0 Å².